The molecule has 0 atom stereocenters. The number of benzene rings is 1. The van der Waals surface area contributed by atoms with E-state index >= 15 is 0 Å². The predicted molar refractivity (Wildman–Crippen MR) is 90.0 cm³/mol. The number of ether oxygens (including phenoxy) is 1. The van der Waals surface area contributed by atoms with Gasteiger partial charge in [0.15, 0.2) is 0 Å². The summed E-state index contributed by atoms with van der Waals surface area (Å²) in [6.07, 6.45) is 5.96. The summed E-state index contributed by atoms with van der Waals surface area (Å²) in [6.45, 7) is 1.38. The van der Waals surface area contributed by atoms with E-state index in [1.807, 2.05) is 24.3 Å². The van der Waals surface area contributed by atoms with Gasteiger partial charge >= 0.3 is 6.03 Å². The van der Waals surface area contributed by atoms with Crippen LogP contribution in [0.3, 0.4) is 0 Å². The average Bonchev–Trinajstić information content (AvgIpc) is 2.78. The van der Waals surface area contributed by atoms with Crippen LogP contribution in [-0.2, 0) is 17.9 Å². The van der Waals surface area contributed by atoms with E-state index in [0.717, 1.165) is 36.8 Å². The van der Waals surface area contributed by atoms with Crippen molar-refractivity contribution in [3.63, 3.8) is 0 Å². The molecular formula is C18H28N2O3. The molecule has 0 saturated heterocycles. The van der Waals surface area contributed by atoms with E-state index in [0.29, 0.717) is 19.7 Å². The van der Waals surface area contributed by atoms with Gasteiger partial charge in [0.05, 0.1) is 12.2 Å². The lowest BCUT2D eigenvalue weighted by molar-refractivity contribution is 0.0277. The van der Waals surface area contributed by atoms with Crippen LogP contribution in [0, 0.1) is 0 Å². The van der Waals surface area contributed by atoms with Crippen LogP contribution in [0.25, 0.3) is 0 Å². The average molecular weight is 320 g/mol. The number of hydrogen-bond donors (Lipinski definition) is 3. The van der Waals surface area contributed by atoms with Crippen LogP contribution < -0.4 is 10.6 Å². The Hall–Kier alpha value is -1.59. The SMILES string of the molecule is COCc1ccc(CNC(=O)NCC2(O)CCCCCC2)cc1. The highest BCUT2D eigenvalue weighted by atomic mass is 16.5. The lowest BCUT2D eigenvalue weighted by atomic mass is 9.95. The van der Waals surface area contributed by atoms with Crippen LogP contribution in [0.4, 0.5) is 4.79 Å². The Labute approximate surface area is 138 Å². The van der Waals surface area contributed by atoms with Gasteiger partial charge in [0, 0.05) is 20.2 Å². The third-order valence-electron chi connectivity index (χ3n) is 4.40. The fourth-order valence-electron chi connectivity index (χ4n) is 2.97. The Morgan fingerprint density at radius 2 is 1.70 bits per heavy atom. The maximum absolute atomic E-state index is 11.9. The van der Waals surface area contributed by atoms with E-state index in [1.165, 1.54) is 12.8 Å². The van der Waals surface area contributed by atoms with Crippen molar-refractivity contribution in [2.75, 3.05) is 13.7 Å². The van der Waals surface area contributed by atoms with Gasteiger partial charge in [-0.05, 0) is 24.0 Å². The molecule has 1 saturated carbocycles. The smallest absolute Gasteiger partial charge is 0.315 e. The van der Waals surface area contributed by atoms with E-state index in [4.69, 9.17) is 4.74 Å². The van der Waals surface area contributed by atoms with Crippen molar-refractivity contribution in [3.8, 4) is 0 Å². The van der Waals surface area contributed by atoms with Crippen molar-refractivity contribution in [2.24, 2.45) is 0 Å². The maximum atomic E-state index is 11.9. The van der Waals surface area contributed by atoms with E-state index < -0.39 is 5.60 Å². The molecule has 0 radical (unpaired) electrons. The summed E-state index contributed by atoms with van der Waals surface area (Å²) in [5.74, 6) is 0. The molecule has 128 valence electrons. The van der Waals surface area contributed by atoms with Gasteiger partial charge in [0.2, 0.25) is 0 Å². The molecule has 0 aromatic heterocycles. The van der Waals surface area contributed by atoms with Crippen LogP contribution in [0.1, 0.15) is 49.7 Å². The standard InChI is InChI=1S/C18H28N2O3/c1-23-13-16-8-6-15(7-9-16)12-19-17(21)20-14-18(22)10-4-2-3-5-11-18/h6-9,22H,2-5,10-14H2,1H3,(H2,19,20,21). The number of urea groups is 1. The van der Waals surface area contributed by atoms with Crippen LogP contribution in [-0.4, -0.2) is 30.4 Å². The third-order valence-corrected chi connectivity index (χ3v) is 4.40. The predicted octanol–water partition coefficient (Wildman–Crippen LogP) is 2.72. The van der Waals surface area contributed by atoms with E-state index in [2.05, 4.69) is 10.6 Å². The van der Waals surface area contributed by atoms with Crippen molar-refractivity contribution in [1.82, 2.24) is 10.6 Å². The molecule has 2 amide bonds. The van der Waals surface area contributed by atoms with Gasteiger partial charge in [-0.3, -0.25) is 0 Å². The number of carbonyl (C=O) groups is 1. The van der Waals surface area contributed by atoms with Gasteiger partial charge < -0.3 is 20.5 Å². The molecule has 5 heteroatoms. The molecule has 1 fully saturated rings. The highest BCUT2D eigenvalue weighted by Gasteiger charge is 2.28. The largest absolute Gasteiger partial charge is 0.388 e. The molecule has 3 N–H and O–H groups in total. The summed E-state index contributed by atoms with van der Waals surface area (Å²) in [6, 6.07) is 7.71. The number of methoxy groups -OCH3 is 1. The van der Waals surface area contributed by atoms with Crippen LogP contribution in [0.2, 0.25) is 0 Å². The van der Waals surface area contributed by atoms with E-state index in [-0.39, 0.29) is 6.03 Å². The Kier molecular flexibility index (Phi) is 6.86. The molecule has 1 aromatic carbocycles. The summed E-state index contributed by atoms with van der Waals surface area (Å²) in [7, 11) is 1.67. The van der Waals surface area contributed by atoms with Crippen molar-refractivity contribution < 1.29 is 14.6 Å². The highest BCUT2D eigenvalue weighted by Crippen LogP contribution is 2.26. The van der Waals surface area contributed by atoms with Crippen LogP contribution in [0.5, 0.6) is 0 Å². The summed E-state index contributed by atoms with van der Waals surface area (Å²) in [5.41, 5.74) is 1.40. The van der Waals surface area contributed by atoms with Gasteiger partial charge in [0.1, 0.15) is 0 Å². The van der Waals surface area contributed by atoms with E-state index in [9.17, 15) is 9.90 Å². The third kappa shape index (κ3) is 6.20. The Bertz CT molecular complexity index is 480. The first-order valence-electron chi connectivity index (χ1n) is 8.42. The summed E-state index contributed by atoms with van der Waals surface area (Å²) >= 11 is 0. The lowest BCUT2D eigenvalue weighted by Gasteiger charge is -2.26. The molecule has 0 unspecified atom stereocenters. The Morgan fingerprint density at radius 1 is 1.09 bits per heavy atom. The molecule has 5 nitrogen and oxygen atoms in total. The van der Waals surface area contributed by atoms with Gasteiger partial charge in [-0.2, -0.15) is 0 Å². The normalized spacial score (nSPS) is 17.3. The molecule has 2 rings (SSSR count). The molecule has 1 aromatic rings. The quantitative estimate of drug-likeness (QED) is 0.706. The summed E-state index contributed by atoms with van der Waals surface area (Å²) in [5, 5.41) is 16.1. The minimum atomic E-state index is -0.740. The first kappa shape index (κ1) is 17.8. The van der Waals surface area contributed by atoms with Crippen LogP contribution >= 0.6 is 0 Å². The van der Waals surface area contributed by atoms with Gasteiger partial charge in [-0.1, -0.05) is 49.9 Å². The number of nitrogens with one attached hydrogen (secondary N) is 2. The zero-order chi connectivity index (χ0) is 16.5. The topological polar surface area (TPSA) is 70.6 Å². The molecule has 0 spiro atoms. The zero-order valence-corrected chi connectivity index (χ0v) is 13.9. The van der Waals surface area contributed by atoms with Gasteiger partial charge in [-0.25, -0.2) is 4.79 Å². The molecule has 0 bridgehead atoms. The number of rotatable bonds is 6. The number of aliphatic hydroxyl groups is 1. The minimum Gasteiger partial charge on any atom is -0.388 e. The second kappa shape index (κ2) is 8.89. The number of amides is 2. The maximum Gasteiger partial charge on any atom is 0.315 e. The fourth-order valence-corrected chi connectivity index (χ4v) is 2.97. The van der Waals surface area contributed by atoms with Crippen molar-refractivity contribution in [2.45, 2.75) is 57.3 Å². The Morgan fingerprint density at radius 3 is 2.30 bits per heavy atom. The molecule has 0 aliphatic heterocycles. The molecule has 0 heterocycles. The van der Waals surface area contributed by atoms with Crippen LogP contribution in [0.15, 0.2) is 24.3 Å². The summed E-state index contributed by atoms with van der Waals surface area (Å²) in [4.78, 5) is 11.9. The Balaban J connectivity index is 1.72. The zero-order valence-electron chi connectivity index (χ0n) is 13.9. The number of carbonyl (C=O) groups excluding carboxylic acids is 1. The second-order valence-corrected chi connectivity index (χ2v) is 6.42. The number of hydrogen-bond acceptors (Lipinski definition) is 3. The molecule has 1 aliphatic carbocycles. The lowest BCUT2D eigenvalue weighted by Crippen LogP contribution is -2.46. The van der Waals surface area contributed by atoms with Gasteiger partial charge in [0.25, 0.3) is 0 Å². The minimum absolute atomic E-state index is 0.233. The van der Waals surface area contributed by atoms with Crippen molar-refractivity contribution in [1.29, 1.82) is 0 Å². The monoisotopic (exact) mass is 320 g/mol. The summed E-state index contributed by atoms with van der Waals surface area (Å²) < 4.78 is 5.07. The highest BCUT2D eigenvalue weighted by molar-refractivity contribution is 5.73. The molecule has 23 heavy (non-hydrogen) atoms. The van der Waals surface area contributed by atoms with Gasteiger partial charge in [-0.15, -0.1) is 0 Å². The molecular weight excluding hydrogens is 292 g/mol. The fraction of sp³-hybridized carbons (Fsp3) is 0.611. The molecule has 1 aliphatic rings. The second-order valence-electron chi connectivity index (χ2n) is 6.42. The first-order valence-corrected chi connectivity index (χ1v) is 8.42. The van der Waals surface area contributed by atoms with Crippen molar-refractivity contribution in [3.05, 3.63) is 35.4 Å². The van der Waals surface area contributed by atoms with E-state index in [1.54, 1.807) is 7.11 Å². The van der Waals surface area contributed by atoms with Crippen molar-refractivity contribution >= 4 is 6.03 Å². The first-order chi connectivity index (χ1) is 11.1.